The van der Waals surface area contributed by atoms with Crippen molar-refractivity contribution < 1.29 is 14.3 Å². The van der Waals surface area contributed by atoms with Crippen molar-refractivity contribution in [1.82, 2.24) is 4.98 Å². The molecule has 0 saturated carbocycles. The van der Waals surface area contributed by atoms with Crippen LogP contribution in [0.2, 0.25) is 0 Å². The largest absolute Gasteiger partial charge is 0.457 e. The fourth-order valence-electron chi connectivity index (χ4n) is 1.74. The highest BCUT2D eigenvalue weighted by atomic mass is 32.1. The lowest BCUT2D eigenvalue weighted by Crippen LogP contribution is -2.20. The van der Waals surface area contributed by atoms with Crippen LogP contribution in [0.1, 0.15) is 43.8 Å². The number of thiazole rings is 1. The first-order valence-corrected chi connectivity index (χ1v) is 7.76. The second-order valence-corrected chi connectivity index (χ2v) is 5.81. The minimum atomic E-state index is -0.490. The van der Waals surface area contributed by atoms with Crippen molar-refractivity contribution in [3.63, 3.8) is 0 Å². The molecule has 0 radical (unpaired) electrons. The molecular formula is C16H21NO3S. The summed E-state index contributed by atoms with van der Waals surface area (Å²) in [5.74, 6) is -0.606. The quantitative estimate of drug-likeness (QED) is 0.417. The third kappa shape index (κ3) is 6.04. The van der Waals surface area contributed by atoms with E-state index in [1.54, 1.807) is 24.3 Å². The number of aryl methyl sites for hydroxylation is 1. The van der Waals surface area contributed by atoms with Crippen LogP contribution in [-0.4, -0.2) is 22.8 Å². The number of ketones is 1. The predicted octanol–water partition coefficient (Wildman–Crippen LogP) is 3.71. The van der Waals surface area contributed by atoms with Crippen LogP contribution in [0, 0.1) is 6.92 Å². The Balaban J connectivity index is 2.75. The van der Waals surface area contributed by atoms with E-state index in [1.165, 1.54) is 0 Å². The standard InChI is InChI=1S/C16H21NO3S/c1-5-7-15(20-16(19)9-14(18)6-2)11(3)8-13-10-21-12(4)17-13/h5,8,10,15H,1,6-7,9H2,2-4H3/b11-8+/t15-/m0/s1. The molecule has 0 aliphatic rings. The molecule has 1 heterocycles. The summed E-state index contributed by atoms with van der Waals surface area (Å²) in [5.41, 5.74) is 1.74. The van der Waals surface area contributed by atoms with E-state index in [9.17, 15) is 9.59 Å². The van der Waals surface area contributed by atoms with Gasteiger partial charge in [0.1, 0.15) is 18.3 Å². The minimum Gasteiger partial charge on any atom is -0.457 e. The lowest BCUT2D eigenvalue weighted by molar-refractivity contribution is -0.149. The number of Topliss-reactive ketones (excluding diaryl/α,β-unsaturated/α-hetero) is 1. The van der Waals surface area contributed by atoms with Crippen molar-refractivity contribution in [2.75, 3.05) is 0 Å². The van der Waals surface area contributed by atoms with Crippen molar-refractivity contribution in [2.24, 2.45) is 0 Å². The maximum Gasteiger partial charge on any atom is 0.313 e. The van der Waals surface area contributed by atoms with Gasteiger partial charge in [-0.1, -0.05) is 13.0 Å². The van der Waals surface area contributed by atoms with Crippen LogP contribution >= 0.6 is 11.3 Å². The first-order valence-electron chi connectivity index (χ1n) is 6.88. The zero-order valence-corrected chi connectivity index (χ0v) is 13.5. The smallest absolute Gasteiger partial charge is 0.313 e. The molecule has 0 aliphatic heterocycles. The molecule has 1 rings (SSSR count). The number of nitrogens with zero attached hydrogens (tertiary/aromatic N) is 1. The summed E-state index contributed by atoms with van der Waals surface area (Å²) >= 11 is 1.57. The monoisotopic (exact) mass is 307 g/mol. The van der Waals surface area contributed by atoms with Crippen LogP contribution in [0.15, 0.2) is 23.6 Å². The molecule has 114 valence electrons. The summed E-state index contributed by atoms with van der Waals surface area (Å²) in [4.78, 5) is 27.4. The molecule has 1 atom stereocenters. The van der Waals surface area contributed by atoms with Crippen molar-refractivity contribution in [1.29, 1.82) is 0 Å². The van der Waals surface area contributed by atoms with E-state index in [4.69, 9.17) is 4.74 Å². The Bertz CT molecular complexity index is 545. The van der Waals surface area contributed by atoms with Gasteiger partial charge in [0.05, 0.1) is 10.7 Å². The number of carbonyl (C=O) groups excluding carboxylic acids is 2. The summed E-state index contributed by atoms with van der Waals surface area (Å²) in [6, 6.07) is 0. The van der Waals surface area contributed by atoms with Crippen molar-refractivity contribution in [2.45, 2.75) is 46.1 Å². The van der Waals surface area contributed by atoms with Crippen molar-refractivity contribution >= 4 is 29.2 Å². The molecular weight excluding hydrogens is 286 g/mol. The molecule has 5 heteroatoms. The van der Waals surface area contributed by atoms with Gasteiger partial charge in [-0.15, -0.1) is 17.9 Å². The number of ether oxygens (including phenoxy) is 1. The highest BCUT2D eigenvalue weighted by molar-refractivity contribution is 7.09. The average molecular weight is 307 g/mol. The van der Waals surface area contributed by atoms with E-state index in [0.29, 0.717) is 12.8 Å². The third-order valence-electron chi connectivity index (χ3n) is 2.91. The van der Waals surface area contributed by atoms with Crippen LogP contribution in [0.5, 0.6) is 0 Å². The summed E-state index contributed by atoms with van der Waals surface area (Å²) in [6.45, 7) is 9.23. The maximum atomic E-state index is 11.7. The summed E-state index contributed by atoms with van der Waals surface area (Å²) in [6.07, 6.45) is 3.87. The van der Waals surface area contributed by atoms with Crippen LogP contribution < -0.4 is 0 Å². The van der Waals surface area contributed by atoms with Gasteiger partial charge in [-0.3, -0.25) is 9.59 Å². The van der Waals surface area contributed by atoms with E-state index < -0.39 is 12.1 Å². The predicted molar refractivity (Wildman–Crippen MR) is 85.1 cm³/mol. The van der Waals surface area contributed by atoms with Gasteiger partial charge in [0, 0.05) is 18.2 Å². The highest BCUT2D eigenvalue weighted by Crippen LogP contribution is 2.18. The van der Waals surface area contributed by atoms with Crippen molar-refractivity contribution in [3.05, 3.63) is 34.3 Å². The molecule has 4 nitrogen and oxygen atoms in total. The molecule has 0 aliphatic carbocycles. The normalized spacial score (nSPS) is 12.8. The van der Waals surface area contributed by atoms with Crippen LogP contribution in [0.3, 0.4) is 0 Å². The van der Waals surface area contributed by atoms with Gasteiger partial charge in [0.15, 0.2) is 0 Å². The Morgan fingerprint density at radius 3 is 2.76 bits per heavy atom. The second kappa shape index (κ2) is 8.52. The minimum absolute atomic E-state index is 0.117. The van der Waals surface area contributed by atoms with Gasteiger partial charge in [0.2, 0.25) is 0 Å². The molecule has 0 N–H and O–H groups in total. The van der Waals surface area contributed by atoms with Crippen molar-refractivity contribution in [3.8, 4) is 0 Å². The summed E-state index contributed by atoms with van der Waals surface area (Å²) in [7, 11) is 0. The van der Waals surface area contributed by atoms with Gasteiger partial charge in [-0.05, 0) is 25.5 Å². The SMILES string of the molecule is C=CC[C@H](OC(=O)CC(=O)CC)/C(C)=C/c1csc(C)n1. The number of hydrogen-bond donors (Lipinski definition) is 0. The fourth-order valence-corrected chi connectivity index (χ4v) is 2.31. The zero-order valence-electron chi connectivity index (χ0n) is 12.7. The molecule has 0 unspecified atom stereocenters. The molecule has 1 aromatic heterocycles. The van der Waals surface area contributed by atoms with E-state index in [1.807, 2.05) is 25.3 Å². The highest BCUT2D eigenvalue weighted by Gasteiger charge is 2.17. The molecule has 0 saturated heterocycles. The van der Waals surface area contributed by atoms with Gasteiger partial charge < -0.3 is 4.74 Å². The zero-order chi connectivity index (χ0) is 15.8. The lowest BCUT2D eigenvalue weighted by Gasteiger charge is -2.17. The Morgan fingerprint density at radius 1 is 1.52 bits per heavy atom. The molecule has 0 amide bonds. The Labute approximate surface area is 129 Å². The average Bonchev–Trinajstić information content (AvgIpc) is 2.83. The molecule has 0 aromatic carbocycles. The first-order chi connectivity index (χ1) is 9.96. The molecule has 0 spiro atoms. The van der Waals surface area contributed by atoms with Crippen LogP contribution in [-0.2, 0) is 14.3 Å². The fraction of sp³-hybridized carbons (Fsp3) is 0.438. The Morgan fingerprint density at radius 2 is 2.24 bits per heavy atom. The molecule has 1 aromatic rings. The van der Waals surface area contributed by atoms with Gasteiger partial charge in [0.25, 0.3) is 0 Å². The summed E-state index contributed by atoms with van der Waals surface area (Å²) in [5, 5.41) is 2.94. The first kappa shape index (κ1) is 17.3. The lowest BCUT2D eigenvalue weighted by atomic mass is 10.1. The summed E-state index contributed by atoms with van der Waals surface area (Å²) < 4.78 is 5.38. The number of carbonyl (C=O) groups is 2. The van der Waals surface area contributed by atoms with Gasteiger partial charge in [-0.25, -0.2) is 4.98 Å². The van der Waals surface area contributed by atoms with Gasteiger partial charge >= 0.3 is 5.97 Å². The van der Waals surface area contributed by atoms with E-state index >= 15 is 0 Å². The van der Waals surface area contributed by atoms with Gasteiger partial charge in [-0.2, -0.15) is 0 Å². The third-order valence-corrected chi connectivity index (χ3v) is 3.70. The number of hydrogen-bond acceptors (Lipinski definition) is 5. The van der Waals surface area contributed by atoms with E-state index in [0.717, 1.165) is 16.3 Å². The Kier molecular flexibility index (Phi) is 7.02. The number of esters is 1. The second-order valence-electron chi connectivity index (χ2n) is 4.75. The topological polar surface area (TPSA) is 56.3 Å². The number of aromatic nitrogens is 1. The molecule has 0 bridgehead atoms. The van der Waals surface area contributed by atoms with E-state index in [-0.39, 0.29) is 12.2 Å². The van der Waals surface area contributed by atoms with Crippen LogP contribution in [0.4, 0.5) is 0 Å². The Hall–Kier alpha value is -1.75. The number of rotatable bonds is 8. The maximum absolute atomic E-state index is 11.7. The van der Waals surface area contributed by atoms with E-state index in [2.05, 4.69) is 11.6 Å². The molecule has 21 heavy (non-hydrogen) atoms. The molecule has 0 fully saturated rings. The van der Waals surface area contributed by atoms with Crippen LogP contribution in [0.25, 0.3) is 6.08 Å².